The van der Waals surface area contributed by atoms with Gasteiger partial charge in [0.1, 0.15) is 11.0 Å². The van der Waals surface area contributed by atoms with Crippen LogP contribution < -0.4 is 4.90 Å². The van der Waals surface area contributed by atoms with Crippen LogP contribution in [0.5, 0.6) is 0 Å². The van der Waals surface area contributed by atoms with Crippen molar-refractivity contribution in [3.05, 3.63) is 34.9 Å². The largest absolute Gasteiger partial charge is 0.339 e. The number of benzene rings is 1. The highest BCUT2D eigenvalue weighted by Gasteiger charge is 2.34. The lowest BCUT2D eigenvalue weighted by atomic mass is 10.1. The Morgan fingerprint density at radius 2 is 1.29 bits per heavy atom. The van der Waals surface area contributed by atoms with Crippen molar-refractivity contribution in [3.63, 3.8) is 0 Å². The van der Waals surface area contributed by atoms with Gasteiger partial charge in [-0.1, -0.05) is 104 Å². The molecule has 2 aromatic rings. The quantitative estimate of drug-likeness (QED) is 0.280. The van der Waals surface area contributed by atoms with E-state index in [2.05, 4.69) is 15.0 Å². The summed E-state index contributed by atoms with van der Waals surface area (Å²) in [6, 6.07) is 5.05. The highest BCUT2D eigenvalue weighted by molar-refractivity contribution is 6.67. The summed E-state index contributed by atoms with van der Waals surface area (Å²) in [5.41, 5.74) is 0.344. The third-order valence-corrected chi connectivity index (χ3v) is 5.15. The van der Waals surface area contributed by atoms with Gasteiger partial charge in [0, 0.05) is 11.3 Å². The van der Waals surface area contributed by atoms with Crippen molar-refractivity contribution in [2.75, 3.05) is 4.90 Å². The second-order valence-electron chi connectivity index (χ2n) is 5.52. The van der Waals surface area contributed by atoms with Crippen LogP contribution in [0.25, 0.3) is 11.4 Å². The fourth-order valence-electron chi connectivity index (χ4n) is 2.29. The van der Waals surface area contributed by atoms with Gasteiger partial charge in [0.25, 0.3) is 0 Å². The van der Waals surface area contributed by atoms with E-state index in [1.807, 2.05) is 0 Å². The van der Waals surface area contributed by atoms with E-state index in [9.17, 15) is 0 Å². The predicted molar refractivity (Wildman–Crippen MR) is 122 cm³/mol. The van der Waals surface area contributed by atoms with E-state index >= 15 is 0 Å². The third kappa shape index (κ3) is 6.09. The molecule has 2 rings (SSSR count). The molecule has 0 bridgehead atoms. The highest BCUT2D eigenvalue weighted by atomic mass is 35.6. The molecule has 0 aliphatic heterocycles. The minimum absolute atomic E-state index is 0.0681. The van der Waals surface area contributed by atoms with Crippen LogP contribution in [-0.2, 0) is 7.59 Å². The molecule has 0 N–H and O–H groups in total. The fourth-order valence-corrected chi connectivity index (χ4v) is 3.68. The third-order valence-electron chi connectivity index (χ3n) is 3.40. The van der Waals surface area contributed by atoms with Crippen molar-refractivity contribution in [3.8, 4) is 11.4 Å². The van der Waals surface area contributed by atoms with Gasteiger partial charge >= 0.3 is 0 Å². The number of hydrogen-bond acceptors (Lipinski definition) is 4. The van der Waals surface area contributed by atoms with E-state index < -0.39 is 7.59 Å². The van der Waals surface area contributed by atoms with E-state index in [4.69, 9.17) is 104 Å². The summed E-state index contributed by atoms with van der Waals surface area (Å²) in [5.74, 6) is -0.359. The summed E-state index contributed by atoms with van der Waals surface area (Å²) in [6.45, 7) is 3.57. The first kappa shape index (κ1) is 24.9. The molecule has 154 valence electrons. The monoisotopic (exact) mass is 562 g/mol. The van der Waals surface area contributed by atoms with Crippen molar-refractivity contribution < 1.29 is 0 Å². The van der Waals surface area contributed by atoms with Crippen LogP contribution in [-0.4, -0.2) is 26.0 Å². The van der Waals surface area contributed by atoms with Crippen molar-refractivity contribution in [1.29, 1.82) is 0 Å². The Morgan fingerprint density at radius 3 is 1.64 bits per heavy atom. The molecule has 0 radical (unpaired) electrons. The Morgan fingerprint density at radius 1 is 0.821 bits per heavy atom. The van der Waals surface area contributed by atoms with Crippen LogP contribution in [0.1, 0.15) is 25.5 Å². The van der Waals surface area contributed by atoms with E-state index in [-0.39, 0.29) is 33.5 Å². The van der Waals surface area contributed by atoms with Crippen LogP contribution in [0.2, 0.25) is 5.02 Å². The van der Waals surface area contributed by atoms with E-state index in [0.717, 1.165) is 0 Å². The second kappa shape index (κ2) is 9.42. The standard InChI is InChI=1S/C15H11Cl9N4/c1-6(16)28(7(2)17)8-3-4-9(10(18)5-8)11-25-12(14(19,20)21)27-13(26-11)15(22,23)24/h3-7H,1-2H3. The van der Waals surface area contributed by atoms with Gasteiger partial charge in [0.15, 0.2) is 17.5 Å². The van der Waals surface area contributed by atoms with Gasteiger partial charge in [-0.3, -0.25) is 0 Å². The summed E-state index contributed by atoms with van der Waals surface area (Å²) in [4.78, 5) is 14.0. The average Bonchev–Trinajstić information content (AvgIpc) is 2.52. The fraction of sp³-hybridized carbons (Fsp3) is 0.400. The summed E-state index contributed by atoms with van der Waals surface area (Å²) in [6.07, 6.45) is 0. The first-order valence-electron chi connectivity index (χ1n) is 7.48. The number of aromatic nitrogens is 3. The minimum atomic E-state index is -1.96. The van der Waals surface area contributed by atoms with Gasteiger partial charge in [0.05, 0.1) is 5.02 Å². The first-order valence-corrected chi connectivity index (χ1v) is 11.0. The number of hydrogen-bond donors (Lipinski definition) is 0. The minimum Gasteiger partial charge on any atom is -0.339 e. The molecule has 0 amide bonds. The second-order valence-corrected chi connectivity index (χ2v) is 11.8. The molecule has 0 saturated heterocycles. The molecule has 0 saturated carbocycles. The Hall–Kier alpha value is 0.640. The van der Waals surface area contributed by atoms with Crippen molar-refractivity contribution in [2.24, 2.45) is 0 Å². The van der Waals surface area contributed by atoms with Crippen LogP contribution in [0.4, 0.5) is 5.69 Å². The number of halogens is 9. The molecule has 2 atom stereocenters. The maximum Gasteiger partial charge on any atom is 0.250 e. The maximum atomic E-state index is 6.44. The lowest BCUT2D eigenvalue weighted by Gasteiger charge is -2.30. The van der Waals surface area contributed by atoms with Gasteiger partial charge in [-0.25, -0.2) is 15.0 Å². The van der Waals surface area contributed by atoms with Crippen molar-refractivity contribution >= 4 is 110 Å². The molecule has 28 heavy (non-hydrogen) atoms. The number of alkyl halides is 8. The van der Waals surface area contributed by atoms with Crippen LogP contribution >= 0.6 is 104 Å². The lowest BCUT2D eigenvalue weighted by Crippen LogP contribution is -2.34. The molecule has 4 nitrogen and oxygen atoms in total. The van der Waals surface area contributed by atoms with Gasteiger partial charge in [0.2, 0.25) is 7.59 Å². The SMILES string of the molecule is CC(Cl)N(c1ccc(-c2nc(C(Cl)(Cl)Cl)nc(C(Cl)(Cl)Cl)n2)c(Cl)c1)C(C)Cl. The Labute approximate surface area is 207 Å². The zero-order valence-electron chi connectivity index (χ0n) is 14.1. The molecule has 13 heteroatoms. The molecule has 1 aromatic heterocycles. The topological polar surface area (TPSA) is 41.9 Å². The van der Waals surface area contributed by atoms with E-state index in [0.29, 0.717) is 11.3 Å². The zero-order chi connectivity index (χ0) is 21.4. The highest BCUT2D eigenvalue weighted by Crippen LogP contribution is 2.41. The summed E-state index contributed by atoms with van der Waals surface area (Å²) < 4.78 is -3.93. The van der Waals surface area contributed by atoms with Crippen molar-refractivity contribution in [1.82, 2.24) is 15.0 Å². The van der Waals surface area contributed by atoms with Gasteiger partial charge < -0.3 is 4.90 Å². The zero-order valence-corrected chi connectivity index (χ0v) is 20.9. The van der Waals surface area contributed by atoms with Gasteiger partial charge in [-0.05, 0) is 32.0 Å². The smallest absolute Gasteiger partial charge is 0.250 e. The Bertz CT molecular complexity index is 806. The van der Waals surface area contributed by atoms with Gasteiger partial charge in [-0.2, -0.15) is 0 Å². The van der Waals surface area contributed by atoms with E-state index in [1.165, 1.54) is 0 Å². The Balaban J connectivity index is 2.62. The average molecular weight is 566 g/mol. The summed E-state index contributed by atoms with van der Waals surface area (Å²) in [7, 11) is 0. The molecule has 0 aliphatic carbocycles. The molecule has 0 aliphatic rings. The number of anilines is 1. The summed E-state index contributed by atoms with van der Waals surface area (Å²) >= 11 is 54.2. The van der Waals surface area contributed by atoms with Gasteiger partial charge in [-0.15, -0.1) is 0 Å². The van der Waals surface area contributed by atoms with Crippen LogP contribution in [0.3, 0.4) is 0 Å². The maximum absolute atomic E-state index is 6.44. The molecule has 2 unspecified atom stereocenters. The molecule has 1 aromatic carbocycles. The van der Waals surface area contributed by atoms with Crippen LogP contribution in [0.15, 0.2) is 18.2 Å². The molecule has 1 heterocycles. The molecular weight excluding hydrogens is 555 g/mol. The number of rotatable bonds is 4. The van der Waals surface area contributed by atoms with Crippen LogP contribution in [0, 0.1) is 0 Å². The lowest BCUT2D eigenvalue weighted by molar-refractivity contribution is 0.769. The Kier molecular flexibility index (Phi) is 8.38. The predicted octanol–water partition coefficient (Wildman–Crippen LogP) is 7.82. The normalized spacial score (nSPS) is 14.7. The summed E-state index contributed by atoms with van der Waals surface area (Å²) in [5, 5.41) is 0.286. The number of nitrogens with zero attached hydrogens (tertiary/aromatic N) is 4. The molecule has 0 spiro atoms. The van der Waals surface area contributed by atoms with Crippen molar-refractivity contribution in [2.45, 2.75) is 32.4 Å². The first-order chi connectivity index (χ1) is 12.7. The van der Waals surface area contributed by atoms with E-state index in [1.54, 1.807) is 36.9 Å². The molecular formula is C15H11Cl9N4. The molecule has 0 fully saturated rings.